The van der Waals surface area contributed by atoms with Crippen LogP contribution in [0, 0.1) is 34.5 Å². The van der Waals surface area contributed by atoms with Crippen LogP contribution in [0.4, 0.5) is 26.3 Å². The van der Waals surface area contributed by atoms with Gasteiger partial charge < -0.3 is 9.47 Å². The zero-order chi connectivity index (χ0) is 24.3. The molecule has 0 bridgehead atoms. The predicted octanol–water partition coefficient (Wildman–Crippen LogP) is 5.79. The lowest BCUT2D eigenvalue weighted by atomic mass is 9.75. The number of rotatable bonds is 7. The molecule has 0 spiro atoms. The largest absolute Gasteiger partial charge is 0.465 e. The van der Waals surface area contributed by atoms with Gasteiger partial charge >= 0.3 is 24.3 Å². The molecule has 0 aliphatic heterocycles. The molecule has 0 N–H and O–H groups in total. The van der Waals surface area contributed by atoms with Crippen LogP contribution in [0.15, 0.2) is 0 Å². The van der Waals surface area contributed by atoms with Gasteiger partial charge in [-0.2, -0.15) is 26.3 Å². The third-order valence-corrected chi connectivity index (χ3v) is 4.34. The minimum atomic E-state index is -5.03. The second-order valence-electron chi connectivity index (χ2n) is 10.0. The van der Waals surface area contributed by atoms with E-state index in [9.17, 15) is 35.9 Å². The molecule has 0 heterocycles. The topological polar surface area (TPSA) is 52.6 Å². The van der Waals surface area contributed by atoms with Gasteiger partial charge in [0.05, 0.1) is 36.9 Å². The third kappa shape index (κ3) is 9.55. The lowest BCUT2D eigenvalue weighted by Gasteiger charge is -2.35. The van der Waals surface area contributed by atoms with E-state index >= 15 is 0 Å². The molecule has 0 aliphatic carbocycles. The first-order chi connectivity index (χ1) is 13.1. The molecule has 0 saturated heterocycles. The van der Waals surface area contributed by atoms with Gasteiger partial charge in [0.2, 0.25) is 0 Å². The lowest BCUT2D eigenvalue weighted by Crippen LogP contribution is -2.48. The number of carbonyl (C=O) groups is 2. The van der Waals surface area contributed by atoms with Crippen LogP contribution in [-0.4, -0.2) is 37.5 Å². The van der Waals surface area contributed by atoms with E-state index < -0.39 is 58.8 Å². The Morgan fingerprint density at radius 3 is 1.03 bits per heavy atom. The highest BCUT2D eigenvalue weighted by molar-refractivity contribution is 5.82. The van der Waals surface area contributed by atoms with Crippen LogP contribution < -0.4 is 0 Å². The van der Waals surface area contributed by atoms with Crippen LogP contribution in [0.1, 0.15) is 55.4 Å². The van der Waals surface area contributed by atoms with E-state index in [0.717, 1.165) is 0 Å². The van der Waals surface area contributed by atoms with Gasteiger partial charge in [-0.1, -0.05) is 55.4 Å². The Labute approximate surface area is 173 Å². The Bertz CT molecular complexity index is 532. The number of hydrogen-bond donors (Lipinski definition) is 0. The molecule has 0 aromatic rings. The summed E-state index contributed by atoms with van der Waals surface area (Å²) < 4.78 is 90.5. The summed E-state index contributed by atoms with van der Waals surface area (Å²) in [6.07, 6.45) is -10.1. The van der Waals surface area contributed by atoms with Crippen LogP contribution in [0.3, 0.4) is 0 Å². The van der Waals surface area contributed by atoms with Crippen molar-refractivity contribution in [2.75, 3.05) is 13.2 Å². The fraction of sp³-hybridized carbons (Fsp3) is 0.900. The number of alkyl halides is 6. The second-order valence-corrected chi connectivity index (χ2v) is 10.0. The number of esters is 2. The molecule has 0 amide bonds. The van der Waals surface area contributed by atoms with Gasteiger partial charge in [0.1, 0.15) is 0 Å². The molecule has 4 atom stereocenters. The van der Waals surface area contributed by atoms with Crippen molar-refractivity contribution in [3.8, 4) is 0 Å². The van der Waals surface area contributed by atoms with E-state index in [-0.39, 0.29) is 13.2 Å². The standard InChI is InChI=1S/C20H32F6O4/c1-11(19(21,22)23)13(15(27)29-9-17(3,4)5)14(12(2)20(24,25)26)16(28)30-10-18(6,7)8/h11-14H,9-10H2,1-8H3. The minimum absolute atomic E-state index is 0.322. The van der Waals surface area contributed by atoms with E-state index in [4.69, 9.17) is 9.47 Å². The molecular formula is C20H32F6O4. The quantitative estimate of drug-likeness (QED) is 0.364. The summed E-state index contributed by atoms with van der Waals surface area (Å²) in [5, 5.41) is 0. The highest BCUT2D eigenvalue weighted by Gasteiger charge is 2.57. The molecule has 0 aromatic carbocycles. The summed E-state index contributed by atoms with van der Waals surface area (Å²) in [5.74, 6) is -12.9. The predicted molar refractivity (Wildman–Crippen MR) is 98.2 cm³/mol. The SMILES string of the molecule is CC(C(C(=O)OCC(C)(C)C)C(C(=O)OCC(C)(C)C)C(C)C(F)(F)F)C(F)(F)F. The van der Waals surface area contributed by atoms with E-state index in [0.29, 0.717) is 13.8 Å². The Morgan fingerprint density at radius 2 is 0.867 bits per heavy atom. The monoisotopic (exact) mass is 450 g/mol. The third-order valence-electron chi connectivity index (χ3n) is 4.34. The van der Waals surface area contributed by atoms with Crippen molar-refractivity contribution >= 4 is 11.9 Å². The summed E-state index contributed by atoms with van der Waals surface area (Å²) in [5.41, 5.74) is -1.28. The molecule has 0 radical (unpaired) electrons. The maximum atomic E-state index is 13.5. The van der Waals surface area contributed by atoms with Crippen molar-refractivity contribution in [1.82, 2.24) is 0 Å². The fourth-order valence-electron chi connectivity index (χ4n) is 2.50. The molecule has 0 aromatic heterocycles. The van der Waals surface area contributed by atoms with Gasteiger partial charge in [-0.3, -0.25) is 9.59 Å². The number of halogens is 6. The number of carbonyl (C=O) groups excluding carboxylic acids is 2. The Kier molecular flexibility index (Phi) is 9.28. The maximum Gasteiger partial charge on any atom is 0.392 e. The fourth-order valence-corrected chi connectivity index (χ4v) is 2.50. The van der Waals surface area contributed by atoms with Gasteiger partial charge in [0, 0.05) is 0 Å². The van der Waals surface area contributed by atoms with Gasteiger partial charge in [-0.15, -0.1) is 0 Å². The van der Waals surface area contributed by atoms with E-state index in [2.05, 4.69) is 0 Å². The first kappa shape index (κ1) is 28.5. The highest BCUT2D eigenvalue weighted by atomic mass is 19.4. The van der Waals surface area contributed by atoms with Gasteiger partial charge in [-0.25, -0.2) is 0 Å². The van der Waals surface area contributed by atoms with Crippen molar-refractivity contribution < 1.29 is 45.4 Å². The van der Waals surface area contributed by atoms with Crippen molar-refractivity contribution in [2.45, 2.75) is 67.7 Å². The van der Waals surface area contributed by atoms with Crippen molar-refractivity contribution in [3.05, 3.63) is 0 Å². The van der Waals surface area contributed by atoms with E-state index in [1.54, 1.807) is 41.5 Å². The highest BCUT2D eigenvalue weighted by Crippen LogP contribution is 2.44. The molecule has 30 heavy (non-hydrogen) atoms. The smallest absolute Gasteiger partial charge is 0.392 e. The van der Waals surface area contributed by atoms with Crippen LogP contribution in [0.25, 0.3) is 0 Å². The lowest BCUT2D eigenvalue weighted by molar-refractivity contribution is -0.226. The molecule has 10 heteroatoms. The Hall–Kier alpha value is -1.48. The summed E-state index contributed by atoms with van der Waals surface area (Å²) in [7, 11) is 0. The normalized spacial score (nSPS) is 17.7. The molecule has 0 fully saturated rings. The average molecular weight is 450 g/mol. The van der Waals surface area contributed by atoms with E-state index in [1.165, 1.54) is 0 Å². The van der Waals surface area contributed by atoms with Crippen LogP contribution in [0.2, 0.25) is 0 Å². The van der Waals surface area contributed by atoms with Crippen molar-refractivity contribution in [3.63, 3.8) is 0 Å². The Balaban J connectivity index is 6.23. The first-order valence-electron chi connectivity index (χ1n) is 9.54. The molecule has 0 rings (SSSR count). The van der Waals surface area contributed by atoms with Gasteiger partial charge in [0.15, 0.2) is 0 Å². The number of ether oxygens (including phenoxy) is 2. The first-order valence-corrected chi connectivity index (χ1v) is 9.54. The summed E-state index contributed by atoms with van der Waals surface area (Å²) in [6.45, 7) is 10.3. The summed E-state index contributed by atoms with van der Waals surface area (Å²) in [4.78, 5) is 25.1. The molecule has 0 saturated carbocycles. The molecule has 4 nitrogen and oxygen atoms in total. The molecule has 178 valence electrons. The summed E-state index contributed by atoms with van der Waals surface area (Å²) >= 11 is 0. The van der Waals surface area contributed by atoms with Gasteiger partial charge in [0.25, 0.3) is 0 Å². The molecular weight excluding hydrogens is 418 g/mol. The maximum absolute atomic E-state index is 13.5. The zero-order valence-electron chi connectivity index (χ0n) is 18.6. The average Bonchev–Trinajstić information content (AvgIpc) is 2.51. The Morgan fingerprint density at radius 1 is 0.633 bits per heavy atom. The van der Waals surface area contributed by atoms with Crippen molar-refractivity contribution in [1.29, 1.82) is 0 Å². The van der Waals surface area contributed by atoms with Crippen LogP contribution in [-0.2, 0) is 19.1 Å². The molecule has 4 unspecified atom stereocenters. The second kappa shape index (κ2) is 9.77. The van der Waals surface area contributed by atoms with Crippen LogP contribution in [0.5, 0.6) is 0 Å². The molecule has 0 aliphatic rings. The van der Waals surface area contributed by atoms with Crippen LogP contribution >= 0.6 is 0 Å². The summed E-state index contributed by atoms with van der Waals surface area (Å²) in [6, 6.07) is 0. The minimum Gasteiger partial charge on any atom is -0.465 e. The van der Waals surface area contributed by atoms with E-state index in [1.807, 2.05) is 0 Å². The van der Waals surface area contributed by atoms with Gasteiger partial charge in [-0.05, 0) is 10.8 Å². The zero-order valence-corrected chi connectivity index (χ0v) is 18.6. The van der Waals surface area contributed by atoms with Crippen molar-refractivity contribution in [2.24, 2.45) is 34.5 Å². The number of hydrogen-bond acceptors (Lipinski definition) is 4.